The average Bonchev–Trinajstić information content (AvgIpc) is 2.64. The van der Waals surface area contributed by atoms with Crippen LogP contribution in [0.4, 0.5) is 8.78 Å². The quantitative estimate of drug-likeness (QED) is 0.678. The minimum absolute atomic E-state index is 0.0164. The van der Waals surface area contributed by atoms with E-state index in [4.69, 9.17) is 0 Å². The van der Waals surface area contributed by atoms with E-state index >= 15 is 0 Å². The van der Waals surface area contributed by atoms with Crippen LogP contribution in [-0.4, -0.2) is 25.4 Å². The Morgan fingerprint density at radius 3 is 2.93 bits per heavy atom. The molecular formula is C10H12F2O2S. The number of hydrogen-bond acceptors (Lipinski definition) is 3. The number of ether oxygens (including phenoxy) is 1. The van der Waals surface area contributed by atoms with Crippen molar-refractivity contribution >= 4 is 17.1 Å². The van der Waals surface area contributed by atoms with Gasteiger partial charge in [-0.1, -0.05) is 0 Å². The number of carbonyl (C=O) groups excluding carboxylic acids is 1. The van der Waals surface area contributed by atoms with E-state index in [0.717, 1.165) is 5.56 Å². The van der Waals surface area contributed by atoms with Gasteiger partial charge in [0.1, 0.15) is 12.4 Å². The lowest BCUT2D eigenvalue weighted by molar-refractivity contribution is -0.119. The van der Waals surface area contributed by atoms with E-state index in [2.05, 4.69) is 4.74 Å². The van der Waals surface area contributed by atoms with Gasteiger partial charge in [-0.15, -0.1) is 0 Å². The number of hydrogen-bond donors (Lipinski definition) is 0. The van der Waals surface area contributed by atoms with Crippen LogP contribution in [0.15, 0.2) is 16.8 Å². The summed E-state index contributed by atoms with van der Waals surface area (Å²) in [6.45, 7) is -0.515. The van der Waals surface area contributed by atoms with Gasteiger partial charge in [-0.3, -0.25) is 4.79 Å². The Balaban J connectivity index is 2.09. The number of halogens is 2. The molecule has 0 aromatic carbocycles. The molecule has 84 valence electrons. The second kappa shape index (κ2) is 6.63. The number of thiophene rings is 1. The standard InChI is InChI=1S/C10H12F2O2S/c11-10(12)6-14-3-1-9(13)5-8-2-4-15-7-8/h2,4,7,10H,1,3,5-6H2. The predicted molar refractivity (Wildman–Crippen MR) is 54.5 cm³/mol. The molecule has 0 saturated heterocycles. The van der Waals surface area contributed by atoms with Crippen LogP contribution in [0.3, 0.4) is 0 Å². The number of alkyl halides is 2. The molecule has 0 atom stereocenters. The van der Waals surface area contributed by atoms with E-state index in [9.17, 15) is 13.6 Å². The summed E-state index contributed by atoms with van der Waals surface area (Å²) in [6.07, 6.45) is -1.90. The first-order chi connectivity index (χ1) is 7.18. The lowest BCUT2D eigenvalue weighted by atomic mass is 10.1. The summed E-state index contributed by atoms with van der Waals surface area (Å²) in [5.41, 5.74) is 0.971. The molecule has 1 heterocycles. The highest BCUT2D eigenvalue weighted by molar-refractivity contribution is 7.07. The summed E-state index contributed by atoms with van der Waals surface area (Å²) < 4.78 is 27.9. The summed E-state index contributed by atoms with van der Waals surface area (Å²) >= 11 is 1.53. The van der Waals surface area contributed by atoms with Crippen LogP contribution in [0, 0.1) is 0 Å². The summed E-state index contributed by atoms with van der Waals surface area (Å²) in [4.78, 5) is 11.3. The van der Waals surface area contributed by atoms with Crippen molar-refractivity contribution < 1.29 is 18.3 Å². The highest BCUT2D eigenvalue weighted by atomic mass is 32.1. The largest absolute Gasteiger partial charge is 0.375 e. The molecule has 0 bridgehead atoms. The molecule has 0 aliphatic rings. The second-order valence-electron chi connectivity index (χ2n) is 3.06. The Morgan fingerprint density at radius 1 is 1.53 bits per heavy atom. The second-order valence-corrected chi connectivity index (χ2v) is 3.84. The van der Waals surface area contributed by atoms with Crippen molar-refractivity contribution in [2.24, 2.45) is 0 Å². The normalized spacial score (nSPS) is 10.9. The summed E-state index contributed by atoms with van der Waals surface area (Å²) in [5, 5.41) is 3.80. The third-order valence-corrected chi connectivity index (χ3v) is 2.48. The number of Topliss-reactive ketones (excluding diaryl/α,β-unsaturated/α-hetero) is 1. The molecule has 0 unspecified atom stereocenters. The van der Waals surface area contributed by atoms with Gasteiger partial charge >= 0.3 is 0 Å². The van der Waals surface area contributed by atoms with Gasteiger partial charge in [0.05, 0.1) is 6.61 Å². The zero-order valence-corrected chi connectivity index (χ0v) is 8.93. The van der Waals surface area contributed by atoms with Gasteiger partial charge < -0.3 is 4.74 Å². The Labute approximate surface area is 90.9 Å². The van der Waals surface area contributed by atoms with Gasteiger partial charge in [0.15, 0.2) is 0 Å². The molecule has 1 rings (SSSR count). The highest BCUT2D eigenvalue weighted by Crippen LogP contribution is 2.07. The molecule has 1 aromatic heterocycles. The molecule has 2 nitrogen and oxygen atoms in total. The van der Waals surface area contributed by atoms with Gasteiger partial charge in [-0.2, -0.15) is 11.3 Å². The Bertz CT molecular complexity index is 286. The van der Waals surface area contributed by atoms with E-state index in [1.165, 1.54) is 11.3 Å². The maximum Gasteiger partial charge on any atom is 0.261 e. The Kier molecular flexibility index (Phi) is 5.42. The lowest BCUT2D eigenvalue weighted by Gasteiger charge is -2.02. The molecule has 0 amide bonds. The van der Waals surface area contributed by atoms with Crippen molar-refractivity contribution in [2.45, 2.75) is 19.3 Å². The number of ketones is 1. The molecule has 0 aliphatic heterocycles. The fraction of sp³-hybridized carbons (Fsp3) is 0.500. The molecule has 0 spiro atoms. The first-order valence-corrected chi connectivity index (χ1v) is 5.51. The number of carbonyl (C=O) groups is 1. The fourth-order valence-corrected chi connectivity index (χ4v) is 1.74. The van der Waals surface area contributed by atoms with E-state index < -0.39 is 13.0 Å². The van der Waals surface area contributed by atoms with E-state index in [0.29, 0.717) is 6.42 Å². The molecule has 0 N–H and O–H groups in total. The molecule has 0 fully saturated rings. The van der Waals surface area contributed by atoms with Gasteiger partial charge in [-0.05, 0) is 22.4 Å². The van der Waals surface area contributed by atoms with Crippen molar-refractivity contribution in [3.05, 3.63) is 22.4 Å². The van der Waals surface area contributed by atoms with Crippen LogP contribution in [0.5, 0.6) is 0 Å². The minimum Gasteiger partial charge on any atom is -0.375 e. The first kappa shape index (κ1) is 12.3. The van der Waals surface area contributed by atoms with Crippen LogP contribution < -0.4 is 0 Å². The van der Waals surface area contributed by atoms with Crippen LogP contribution in [0.2, 0.25) is 0 Å². The average molecular weight is 234 g/mol. The predicted octanol–water partition coefficient (Wildman–Crippen LogP) is 2.53. The maximum absolute atomic E-state index is 11.7. The third kappa shape index (κ3) is 5.59. The van der Waals surface area contributed by atoms with Gasteiger partial charge in [0, 0.05) is 12.8 Å². The molecule has 1 aromatic rings. The zero-order chi connectivity index (χ0) is 11.1. The Morgan fingerprint density at radius 2 is 2.33 bits per heavy atom. The van der Waals surface area contributed by atoms with Crippen molar-refractivity contribution in [1.82, 2.24) is 0 Å². The van der Waals surface area contributed by atoms with E-state index in [1.807, 2.05) is 16.8 Å². The maximum atomic E-state index is 11.7. The molecule has 15 heavy (non-hydrogen) atoms. The monoisotopic (exact) mass is 234 g/mol. The smallest absolute Gasteiger partial charge is 0.261 e. The lowest BCUT2D eigenvalue weighted by Crippen LogP contribution is -2.10. The summed E-state index contributed by atoms with van der Waals surface area (Å²) in [5.74, 6) is 0.0164. The van der Waals surface area contributed by atoms with Crippen molar-refractivity contribution in [3.8, 4) is 0 Å². The summed E-state index contributed by atoms with van der Waals surface area (Å²) in [6, 6.07) is 1.88. The summed E-state index contributed by atoms with van der Waals surface area (Å²) in [7, 11) is 0. The van der Waals surface area contributed by atoms with Gasteiger partial charge in [-0.25, -0.2) is 8.78 Å². The van der Waals surface area contributed by atoms with Crippen LogP contribution >= 0.6 is 11.3 Å². The molecule has 0 saturated carbocycles. The van der Waals surface area contributed by atoms with E-state index in [-0.39, 0.29) is 18.8 Å². The van der Waals surface area contributed by atoms with Crippen LogP contribution in [-0.2, 0) is 16.0 Å². The molecular weight excluding hydrogens is 222 g/mol. The van der Waals surface area contributed by atoms with Crippen LogP contribution in [0.25, 0.3) is 0 Å². The minimum atomic E-state index is -2.46. The third-order valence-electron chi connectivity index (χ3n) is 1.75. The zero-order valence-electron chi connectivity index (χ0n) is 8.12. The van der Waals surface area contributed by atoms with E-state index in [1.54, 1.807) is 0 Å². The van der Waals surface area contributed by atoms with Gasteiger partial charge in [0.2, 0.25) is 0 Å². The fourth-order valence-electron chi connectivity index (χ4n) is 1.07. The number of rotatable bonds is 7. The molecule has 5 heteroatoms. The van der Waals surface area contributed by atoms with Crippen molar-refractivity contribution in [2.75, 3.05) is 13.2 Å². The SMILES string of the molecule is O=C(CCOCC(F)F)Cc1ccsc1. The van der Waals surface area contributed by atoms with Gasteiger partial charge in [0.25, 0.3) is 6.43 Å². The van der Waals surface area contributed by atoms with Crippen LogP contribution in [0.1, 0.15) is 12.0 Å². The topological polar surface area (TPSA) is 26.3 Å². The Hall–Kier alpha value is -0.810. The van der Waals surface area contributed by atoms with Crippen molar-refractivity contribution in [3.63, 3.8) is 0 Å². The first-order valence-electron chi connectivity index (χ1n) is 4.57. The van der Waals surface area contributed by atoms with Crippen molar-refractivity contribution in [1.29, 1.82) is 0 Å². The highest BCUT2D eigenvalue weighted by Gasteiger charge is 2.06. The molecule has 0 aliphatic carbocycles. The molecule has 0 radical (unpaired) electrons.